The van der Waals surface area contributed by atoms with E-state index in [-0.39, 0.29) is 24.9 Å². The van der Waals surface area contributed by atoms with Gasteiger partial charge in [0.1, 0.15) is 11.6 Å². The summed E-state index contributed by atoms with van der Waals surface area (Å²) in [4.78, 5) is 26.6. The number of aliphatic hydroxyl groups is 1. The fourth-order valence-electron chi connectivity index (χ4n) is 3.58. The molecule has 1 aromatic heterocycles. The molecule has 2 N–H and O–H groups in total. The minimum absolute atomic E-state index is 0.0841. The van der Waals surface area contributed by atoms with E-state index in [1.165, 1.54) is 4.90 Å². The van der Waals surface area contributed by atoms with Gasteiger partial charge in [-0.15, -0.1) is 0 Å². The van der Waals surface area contributed by atoms with Gasteiger partial charge in [0, 0.05) is 19.7 Å². The van der Waals surface area contributed by atoms with E-state index in [4.69, 9.17) is 4.74 Å². The summed E-state index contributed by atoms with van der Waals surface area (Å²) in [6.07, 6.45) is 0.601. The smallest absolute Gasteiger partial charge is 0.411 e. The highest BCUT2D eigenvalue weighted by molar-refractivity contribution is 5.86. The molecule has 1 aliphatic rings. The van der Waals surface area contributed by atoms with E-state index >= 15 is 0 Å². The molecule has 1 saturated heterocycles. The highest BCUT2D eigenvalue weighted by Gasteiger charge is 2.41. The fourth-order valence-corrected chi connectivity index (χ4v) is 3.58. The highest BCUT2D eigenvalue weighted by Crippen LogP contribution is 2.24. The molecule has 8 heteroatoms. The Morgan fingerprint density at radius 2 is 1.90 bits per heavy atom. The standard InChI is InChI=1S/C22H30N4O4/c1-14(15-6-8-16(9-7-15)18-10-11-23-25(18)5)24-20(28)19-12-17(27)13-26(19)21(29)30-22(2,3)4/h6-11,14,17,19,27H,12-13H2,1-5H3,(H,24,28)/t14?,17-,19?/m1/s1. The van der Waals surface area contributed by atoms with Crippen LogP contribution in [0.4, 0.5) is 4.79 Å². The lowest BCUT2D eigenvalue weighted by atomic mass is 10.0. The van der Waals surface area contributed by atoms with E-state index < -0.39 is 23.8 Å². The first-order valence-electron chi connectivity index (χ1n) is 10.1. The summed E-state index contributed by atoms with van der Waals surface area (Å²) >= 11 is 0. The molecule has 0 spiro atoms. The SMILES string of the molecule is CC(NC(=O)C1C[C@@H](O)CN1C(=O)OC(C)(C)C)c1ccc(-c2ccnn2C)cc1. The van der Waals surface area contributed by atoms with Gasteiger partial charge in [-0.1, -0.05) is 24.3 Å². The molecule has 2 amide bonds. The maximum atomic E-state index is 12.9. The number of carbonyl (C=O) groups is 2. The Morgan fingerprint density at radius 1 is 1.23 bits per heavy atom. The van der Waals surface area contributed by atoms with Gasteiger partial charge in [-0.2, -0.15) is 5.10 Å². The van der Waals surface area contributed by atoms with E-state index in [0.29, 0.717) is 0 Å². The third-order valence-electron chi connectivity index (χ3n) is 5.10. The van der Waals surface area contributed by atoms with Crippen molar-refractivity contribution < 1.29 is 19.4 Å². The number of aryl methyl sites for hydroxylation is 1. The van der Waals surface area contributed by atoms with Crippen LogP contribution in [0.3, 0.4) is 0 Å². The second kappa shape index (κ2) is 8.47. The Balaban J connectivity index is 1.66. The molecule has 2 unspecified atom stereocenters. The zero-order chi connectivity index (χ0) is 22.1. The molecule has 2 heterocycles. The van der Waals surface area contributed by atoms with Crippen LogP contribution in [-0.2, 0) is 16.6 Å². The van der Waals surface area contributed by atoms with E-state index in [2.05, 4.69) is 10.4 Å². The Hall–Kier alpha value is -2.87. The van der Waals surface area contributed by atoms with Crippen molar-refractivity contribution in [3.8, 4) is 11.3 Å². The molecule has 0 aliphatic carbocycles. The van der Waals surface area contributed by atoms with Gasteiger partial charge < -0.3 is 15.2 Å². The monoisotopic (exact) mass is 414 g/mol. The third kappa shape index (κ3) is 4.99. The summed E-state index contributed by atoms with van der Waals surface area (Å²) in [5.41, 5.74) is 2.31. The zero-order valence-corrected chi connectivity index (χ0v) is 18.1. The van der Waals surface area contributed by atoms with Gasteiger partial charge >= 0.3 is 6.09 Å². The van der Waals surface area contributed by atoms with Gasteiger partial charge in [0.15, 0.2) is 0 Å². The molecule has 162 valence electrons. The number of likely N-dealkylation sites (tertiary alicyclic amines) is 1. The fraction of sp³-hybridized carbons (Fsp3) is 0.500. The molecule has 3 rings (SSSR count). The summed E-state index contributed by atoms with van der Waals surface area (Å²) in [5.74, 6) is -0.305. The summed E-state index contributed by atoms with van der Waals surface area (Å²) in [6.45, 7) is 7.28. The average Bonchev–Trinajstić information content (AvgIpc) is 3.26. The van der Waals surface area contributed by atoms with Gasteiger partial charge in [0.05, 0.1) is 24.4 Å². The molecular formula is C22H30N4O4. The van der Waals surface area contributed by atoms with Crippen LogP contribution in [0.2, 0.25) is 0 Å². The number of hydrogen-bond acceptors (Lipinski definition) is 5. The highest BCUT2D eigenvalue weighted by atomic mass is 16.6. The molecular weight excluding hydrogens is 384 g/mol. The van der Waals surface area contributed by atoms with Crippen molar-refractivity contribution in [1.29, 1.82) is 0 Å². The first-order valence-corrected chi connectivity index (χ1v) is 10.1. The number of β-amino-alcohol motifs (C(OH)–C–C–N with tert-alkyl or cyclic N) is 1. The van der Waals surface area contributed by atoms with Crippen molar-refractivity contribution in [3.05, 3.63) is 42.1 Å². The maximum Gasteiger partial charge on any atom is 0.411 e. The number of rotatable bonds is 4. The number of carbonyl (C=O) groups excluding carboxylic acids is 2. The number of aromatic nitrogens is 2. The number of nitrogens with one attached hydrogen (secondary N) is 1. The number of benzene rings is 1. The van der Waals surface area contributed by atoms with Crippen LogP contribution in [-0.4, -0.2) is 56.1 Å². The third-order valence-corrected chi connectivity index (χ3v) is 5.10. The molecule has 0 bridgehead atoms. The lowest BCUT2D eigenvalue weighted by molar-refractivity contribution is -0.126. The van der Waals surface area contributed by atoms with Crippen LogP contribution in [0.15, 0.2) is 36.5 Å². The lowest BCUT2D eigenvalue weighted by Gasteiger charge is -2.28. The molecule has 1 aliphatic heterocycles. The predicted molar refractivity (Wildman–Crippen MR) is 113 cm³/mol. The molecule has 30 heavy (non-hydrogen) atoms. The minimum atomic E-state index is -0.758. The van der Waals surface area contributed by atoms with Gasteiger partial charge in [-0.3, -0.25) is 14.4 Å². The van der Waals surface area contributed by atoms with Crippen LogP contribution in [0.25, 0.3) is 11.3 Å². The van der Waals surface area contributed by atoms with E-state index in [0.717, 1.165) is 16.8 Å². The topological polar surface area (TPSA) is 96.7 Å². The zero-order valence-electron chi connectivity index (χ0n) is 18.1. The second-order valence-corrected chi connectivity index (χ2v) is 8.73. The maximum absolute atomic E-state index is 12.9. The predicted octanol–water partition coefficient (Wildman–Crippen LogP) is 2.63. The summed E-state index contributed by atoms with van der Waals surface area (Å²) in [6, 6.07) is 8.83. The molecule has 1 fully saturated rings. The summed E-state index contributed by atoms with van der Waals surface area (Å²) in [7, 11) is 1.89. The number of ether oxygens (including phenoxy) is 1. The lowest BCUT2D eigenvalue weighted by Crippen LogP contribution is -2.48. The van der Waals surface area contributed by atoms with Gasteiger partial charge in [0.2, 0.25) is 5.91 Å². The van der Waals surface area contributed by atoms with Crippen LogP contribution in [0, 0.1) is 0 Å². The molecule has 3 atom stereocenters. The molecule has 2 aromatic rings. The average molecular weight is 415 g/mol. The molecule has 0 saturated carbocycles. The van der Waals surface area contributed by atoms with E-state index in [1.54, 1.807) is 31.6 Å². The van der Waals surface area contributed by atoms with Crippen molar-refractivity contribution in [2.45, 2.75) is 57.9 Å². The Morgan fingerprint density at radius 3 is 2.47 bits per heavy atom. The molecule has 1 aromatic carbocycles. The normalized spacial score (nSPS) is 20.1. The van der Waals surface area contributed by atoms with Crippen molar-refractivity contribution in [2.75, 3.05) is 6.54 Å². The Bertz CT molecular complexity index is 901. The summed E-state index contributed by atoms with van der Waals surface area (Å²) in [5, 5.41) is 17.2. The number of amides is 2. The van der Waals surface area contributed by atoms with Gasteiger partial charge in [-0.25, -0.2) is 4.79 Å². The van der Waals surface area contributed by atoms with Crippen LogP contribution >= 0.6 is 0 Å². The minimum Gasteiger partial charge on any atom is -0.444 e. The Labute approximate surface area is 176 Å². The number of nitrogens with zero attached hydrogens (tertiary/aromatic N) is 3. The number of hydrogen-bond donors (Lipinski definition) is 2. The van der Waals surface area contributed by atoms with Crippen LogP contribution in [0.5, 0.6) is 0 Å². The van der Waals surface area contributed by atoms with Crippen molar-refractivity contribution in [3.63, 3.8) is 0 Å². The van der Waals surface area contributed by atoms with Gasteiger partial charge in [0.25, 0.3) is 0 Å². The largest absolute Gasteiger partial charge is 0.444 e. The first-order chi connectivity index (χ1) is 14.0. The summed E-state index contributed by atoms with van der Waals surface area (Å²) < 4.78 is 7.19. The van der Waals surface area contributed by atoms with Crippen molar-refractivity contribution >= 4 is 12.0 Å². The molecule has 8 nitrogen and oxygen atoms in total. The van der Waals surface area contributed by atoms with Crippen LogP contribution < -0.4 is 5.32 Å². The quantitative estimate of drug-likeness (QED) is 0.802. The second-order valence-electron chi connectivity index (χ2n) is 8.73. The molecule has 0 radical (unpaired) electrons. The van der Waals surface area contributed by atoms with E-state index in [9.17, 15) is 14.7 Å². The van der Waals surface area contributed by atoms with Crippen molar-refractivity contribution in [2.24, 2.45) is 7.05 Å². The van der Waals surface area contributed by atoms with Crippen LogP contribution in [0.1, 0.15) is 45.7 Å². The van der Waals surface area contributed by atoms with E-state index in [1.807, 2.05) is 44.3 Å². The Kier molecular flexibility index (Phi) is 6.17. The first kappa shape index (κ1) is 21.8. The van der Waals surface area contributed by atoms with Gasteiger partial charge in [-0.05, 0) is 44.9 Å². The number of aliphatic hydroxyl groups excluding tert-OH is 1. The van der Waals surface area contributed by atoms with Crippen molar-refractivity contribution in [1.82, 2.24) is 20.0 Å².